The molecule has 1 unspecified atom stereocenters. The van der Waals surface area contributed by atoms with Gasteiger partial charge in [0.15, 0.2) is 0 Å². The number of quaternary nitrogens is 1. The zero-order chi connectivity index (χ0) is 11.1. The molecule has 0 saturated carbocycles. The summed E-state index contributed by atoms with van der Waals surface area (Å²) in [5.41, 5.74) is 8.74. The second kappa shape index (κ2) is 3.35. The van der Waals surface area contributed by atoms with Crippen LogP contribution < -0.4 is 11.1 Å². The lowest BCUT2D eigenvalue weighted by Gasteiger charge is -2.18. The van der Waals surface area contributed by atoms with E-state index < -0.39 is 0 Å². The van der Waals surface area contributed by atoms with Crippen molar-refractivity contribution in [3.63, 3.8) is 0 Å². The van der Waals surface area contributed by atoms with E-state index in [1.165, 1.54) is 10.9 Å². The molecular weight excluding hydrogens is 202 g/mol. The van der Waals surface area contributed by atoms with Crippen LogP contribution in [0.5, 0.6) is 0 Å². The Labute approximate surface area is 92.8 Å². The molecule has 1 atom stereocenters. The predicted molar refractivity (Wildman–Crippen MR) is 60.7 cm³/mol. The van der Waals surface area contributed by atoms with Crippen LogP contribution in [0, 0.1) is 0 Å². The average molecular weight is 216 g/mol. The topological polar surface area (TPSA) is 75.5 Å². The first-order valence-corrected chi connectivity index (χ1v) is 5.49. The van der Waals surface area contributed by atoms with Crippen LogP contribution in [0.3, 0.4) is 0 Å². The van der Waals surface area contributed by atoms with Crippen molar-refractivity contribution >= 4 is 16.8 Å². The molecule has 82 valence electrons. The Kier molecular flexibility index (Phi) is 1.97. The number of carbonyl (C=O) groups is 1. The summed E-state index contributed by atoms with van der Waals surface area (Å²) in [6.45, 7) is 0.919. The molecule has 1 aromatic carbocycles. The molecular formula is C12H14N3O+. The first-order chi connectivity index (χ1) is 7.77. The van der Waals surface area contributed by atoms with Crippen molar-refractivity contribution in [2.75, 3.05) is 6.54 Å². The molecule has 0 aliphatic carbocycles. The Morgan fingerprint density at radius 2 is 2.25 bits per heavy atom. The largest absolute Gasteiger partial charge is 0.364 e. The van der Waals surface area contributed by atoms with Gasteiger partial charge in [0.1, 0.15) is 0 Å². The molecule has 2 heterocycles. The highest BCUT2D eigenvalue weighted by molar-refractivity contribution is 5.88. The van der Waals surface area contributed by atoms with Gasteiger partial charge >= 0.3 is 0 Å². The number of aromatic amines is 1. The van der Waals surface area contributed by atoms with E-state index >= 15 is 0 Å². The smallest absolute Gasteiger partial charge is 0.282 e. The summed E-state index contributed by atoms with van der Waals surface area (Å²) in [5.74, 6) is -0.271. The number of nitrogens with two attached hydrogens (primary N) is 2. The van der Waals surface area contributed by atoms with E-state index in [0.29, 0.717) is 0 Å². The summed E-state index contributed by atoms with van der Waals surface area (Å²) in [5, 5.41) is 3.22. The number of nitrogens with one attached hydrogen (secondary N) is 1. The first-order valence-electron chi connectivity index (χ1n) is 5.49. The molecule has 3 rings (SSSR count). The SMILES string of the molecule is NC(=O)C1[NH2+]CCc2c1[nH]c1ccccc21. The van der Waals surface area contributed by atoms with Crippen LogP contribution in [-0.4, -0.2) is 17.4 Å². The molecule has 1 amide bonds. The van der Waals surface area contributed by atoms with Crippen LogP contribution in [0.15, 0.2) is 24.3 Å². The van der Waals surface area contributed by atoms with E-state index in [1.54, 1.807) is 0 Å². The van der Waals surface area contributed by atoms with Gasteiger partial charge in [-0.1, -0.05) is 18.2 Å². The summed E-state index contributed by atoms with van der Waals surface area (Å²) >= 11 is 0. The molecule has 2 aromatic rings. The van der Waals surface area contributed by atoms with E-state index in [-0.39, 0.29) is 11.9 Å². The van der Waals surface area contributed by atoms with Gasteiger partial charge in [0.2, 0.25) is 6.04 Å². The number of H-pyrrole nitrogens is 1. The molecule has 0 spiro atoms. The van der Waals surface area contributed by atoms with Gasteiger partial charge in [0, 0.05) is 17.3 Å². The van der Waals surface area contributed by atoms with Crippen LogP contribution in [-0.2, 0) is 11.2 Å². The molecule has 0 fully saturated rings. The fraction of sp³-hybridized carbons (Fsp3) is 0.250. The fourth-order valence-electron chi connectivity index (χ4n) is 2.53. The molecule has 4 heteroatoms. The maximum Gasteiger partial charge on any atom is 0.282 e. The minimum Gasteiger partial charge on any atom is -0.364 e. The van der Waals surface area contributed by atoms with Crippen molar-refractivity contribution in [3.05, 3.63) is 35.5 Å². The number of benzene rings is 1. The fourth-order valence-corrected chi connectivity index (χ4v) is 2.53. The summed E-state index contributed by atoms with van der Waals surface area (Å²) in [6.07, 6.45) is 0.989. The third-order valence-electron chi connectivity index (χ3n) is 3.26. The minimum atomic E-state index is -0.271. The maximum atomic E-state index is 11.4. The van der Waals surface area contributed by atoms with E-state index in [0.717, 1.165) is 24.2 Å². The van der Waals surface area contributed by atoms with Gasteiger partial charge in [-0.2, -0.15) is 0 Å². The van der Waals surface area contributed by atoms with E-state index in [1.807, 2.05) is 23.5 Å². The minimum absolute atomic E-state index is 0.254. The number of hydrogen-bond donors (Lipinski definition) is 3. The number of hydrogen-bond acceptors (Lipinski definition) is 1. The number of aromatic nitrogens is 1. The first kappa shape index (κ1) is 9.42. The molecule has 0 bridgehead atoms. The molecule has 1 aliphatic rings. The van der Waals surface area contributed by atoms with Crippen molar-refractivity contribution in [3.8, 4) is 0 Å². The van der Waals surface area contributed by atoms with Crippen molar-refractivity contribution in [2.24, 2.45) is 5.73 Å². The van der Waals surface area contributed by atoms with Crippen LogP contribution in [0.1, 0.15) is 17.3 Å². The monoisotopic (exact) mass is 216 g/mol. The van der Waals surface area contributed by atoms with Crippen molar-refractivity contribution in [1.29, 1.82) is 0 Å². The van der Waals surface area contributed by atoms with Crippen LogP contribution >= 0.6 is 0 Å². The van der Waals surface area contributed by atoms with Gasteiger partial charge in [-0.3, -0.25) is 4.79 Å². The van der Waals surface area contributed by atoms with Gasteiger partial charge in [-0.05, 0) is 11.6 Å². The van der Waals surface area contributed by atoms with Gasteiger partial charge < -0.3 is 16.0 Å². The van der Waals surface area contributed by atoms with Gasteiger partial charge in [0.05, 0.1) is 12.2 Å². The number of carbonyl (C=O) groups excluding carboxylic acids is 1. The summed E-state index contributed by atoms with van der Waals surface area (Å²) < 4.78 is 0. The summed E-state index contributed by atoms with van der Waals surface area (Å²) in [6, 6.07) is 7.89. The number of para-hydroxylation sites is 1. The van der Waals surface area contributed by atoms with E-state index in [2.05, 4.69) is 11.1 Å². The molecule has 0 radical (unpaired) electrons. The van der Waals surface area contributed by atoms with Gasteiger partial charge in [0.25, 0.3) is 5.91 Å². The molecule has 4 nitrogen and oxygen atoms in total. The second-order valence-corrected chi connectivity index (χ2v) is 4.22. The highest BCUT2D eigenvalue weighted by atomic mass is 16.1. The molecule has 5 N–H and O–H groups in total. The Balaban J connectivity index is 2.25. The summed E-state index contributed by atoms with van der Waals surface area (Å²) in [4.78, 5) is 14.7. The number of rotatable bonds is 1. The highest BCUT2D eigenvalue weighted by Crippen LogP contribution is 2.27. The van der Waals surface area contributed by atoms with Crippen LogP contribution in [0.2, 0.25) is 0 Å². The third-order valence-corrected chi connectivity index (χ3v) is 3.26. The Hall–Kier alpha value is -1.81. The number of fused-ring (bicyclic) bond motifs is 3. The Morgan fingerprint density at radius 1 is 1.44 bits per heavy atom. The van der Waals surface area contributed by atoms with E-state index in [9.17, 15) is 4.79 Å². The maximum absolute atomic E-state index is 11.4. The lowest BCUT2D eigenvalue weighted by Crippen LogP contribution is -2.89. The molecule has 1 aliphatic heterocycles. The van der Waals surface area contributed by atoms with Gasteiger partial charge in [-0.25, -0.2) is 0 Å². The van der Waals surface area contributed by atoms with E-state index in [4.69, 9.17) is 5.73 Å². The molecule has 16 heavy (non-hydrogen) atoms. The molecule has 0 saturated heterocycles. The molecule has 1 aromatic heterocycles. The standard InChI is InChI=1S/C12H13N3O/c13-12(16)11-10-8(5-6-14-11)7-3-1-2-4-9(7)15-10/h1-4,11,14-15H,5-6H2,(H2,13,16)/p+1. The Bertz CT molecular complexity index is 558. The zero-order valence-electron chi connectivity index (χ0n) is 8.86. The lowest BCUT2D eigenvalue weighted by atomic mass is 9.99. The van der Waals surface area contributed by atoms with Crippen molar-refractivity contribution < 1.29 is 10.1 Å². The summed E-state index contributed by atoms with van der Waals surface area (Å²) in [7, 11) is 0. The van der Waals surface area contributed by atoms with Gasteiger partial charge in [-0.15, -0.1) is 0 Å². The van der Waals surface area contributed by atoms with Crippen LogP contribution in [0.25, 0.3) is 10.9 Å². The van der Waals surface area contributed by atoms with Crippen molar-refractivity contribution in [1.82, 2.24) is 4.98 Å². The lowest BCUT2D eigenvalue weighted by molar-refractivity contribution is -0.686. The van der Waals surface area contributed by atoms with Crippen LogP contribution in [0.4, 0.5) is 0 Å². The Morgan fingerprint density at radius 3 is 3.06 bits per heavy atom. The quantitative estimate of drug-likeness (QED) is 0.607. The third kappa shape index (κ3) is 1.23. The number of amides is 1. The van der Waals surface area contributed by atoms with Crippen molar-refractivity contribution in [2.45, 2.75) is 12.5 Å². The predicted octanol–water partition coefficient (Wildman–Crippen LogP) is -0.186. The normalized spacial score (nSPS) is 19.6. The average Bonchev–Trinajstić information content (AvgIpc) is 2.67. The second-order valence-electron chi connectivity index (χ2n) is 4.22. The number of primary amides is 1. The zero-order valence-corrected chi connectivity index (χ0v) is 8.86. The highest BCUT2D eigenvalue weighted by Gasteiger charge is 2.30.